The van der Waals surface area contributed by atoms with Gasteiger partial charge in [0.15, 0.2) is 17.8 Å². The van der Waals surface area contributed by atoms with E-state index in [1.165, 1.54) is 6.33 Å². The van der Waals surface area contributed by atoms with E-state index in [0.717, 1.165) is 16.3 Å². The van der Waals surface area contributed by atoms with Gasteiger partial charge in [0.05, 0.1) is 22.3 Å². The molecule has 2 fully saturated rings. The summed E-state index contributed by atoms with van der Waals surface area (Å²) in [5.74, 6) is 0.353. The van der Waals surface area contributed by atoms with Crippen molar-refractivity contribution in [3.63, 3.8) is 0 Å². The van der Waals surface area contributed by atoms with Gasteiger partial charge in [-0.25, -0.2) is 15.0 Å². The second-order valence-electron chi connectivity index (χ2n) is 9.79. The molecule has 5 heterocycles. The lowest BCUT2D eigenvalue weighted by Crippen LogP contribution is -2.34. The first-order valence-electron chi connectivity index (χ1n) is 12.0. The molecule has 0 spiro atoms. The Kier molecular flexibility index (Phi) is 5.99. The van der Waals surface area contributed by atoms with Gasteiger partial charge >= 0.3 is 0 Å². The van der Waals surface area contributed by atoms with Crippen molar-refractivity contribution in [2.24, 2.45) is 4.99 Å². The Balaban J connectivity index is 1.28. The smallest absolute Gasteiger partial charge is 0.166 e. The fourth-order valence-corrected chi connectivity index (χ4v) is 5.04. The van der Waals surface area contributed by atoms with E-state index in [-0.39, 0.29) is 18.8 Å². The minimum Gasteiger partial charge on any atom is -0.489 e. The number of aromatic nitrogens is 4. The highest BCUT2D eigenvalue weighted by Crippen LogP contribution is 2.44. The van der Waals surface area contributed by atoms with Gasteiger partial charge in [0.25, 0.3) is 0 Å². The minimum atomic E-state index is -0.765. The molecule has 3 aromatic heterocycles. The number of hydrogen-bond acceptors (Lipinski definition) is 8. The van der Waals surface area contributed by atoms with Crippen molar-refractivity contribution in [2.45, 2.75) is 44.2 Å². The van der Waals surface area contributed by atoms with Crippen LogP contribution in [0.15, 0.2) is 54.0 Å². The Morgan fingerprint density at radius 1 is 1.16 bits per heavy atom. The molecule has 0 amide bonds. The molecule has 4 aromatic rings. The standard InChI is InChI=1S/C26H27ClN6O4/c1-26(2)36-21-20(12-34-19-11-18-15(10-17(19)27)6-5-8-28-18)35-25(22(21)37-26)33-9-7-16-23(31-14-32(3)4)29-13-30-24(16)33/h5-11,13-14,20-22,25H,12H2,1-4H3/t20-,21-,22-,25-/m1/s1. The van der Waals surface area contributed by atoms with Crippen LogP contribution < -0.4 is 4.74 Å². The molecule has 0 saturated carbocycles. The number of pyridine rings is 1. The van der Waals surface area contributed by atoms with E-state index >= 15 is 0 Å². The van der Waals surface area contributed by atoms with Crippen LogP contribution in [0.1, 0.15) is 20.1 Å². The van der Waals surface area contributed by atoms with Gasteiger partial charge in [-0.1, -0.05) is 17.7 Å². The molecule has 6 rings (SSSR count). The van der Waals surface area contributed by atoms with Gasteiger partial charge in [0, 0.05) is 37.9 Å². The molecule has 2 saturated heterocycles. The number of fused-ring (bicyclic) bond motifs is 3. The summed E-state index contributed by atoms with van der Waals surface area (Å²) in [5, 5.41) is 2.27. The third kappa shape index (κ3) is 4.50. The first-order valence-corrected chi connectivity index (χ1v) is 12.4. The van der Waals surface area contributed by atoms with Crippen LogP contribution in [0, 0.1) is 0 Å². The number of halogens is 1. The Bertz CT molecular complexity index is 1490. The molecule has 4 atom stereocenters. The Morgan fingerprint density at radius 3 is 2.84 bits per heavy atom. The van der Waals surface area contributed by atoms with Crippen LogP contribution in [0.4, 0.5) is 5.82 Å². The summed E-state index contributed by atoms with van der Waals surface area (Å²) in [5.41, 5.74) is 1.50. The van der Waals surface area contributed by atoms with Crippen molar-refractivity contribution in [2.75, 3.05) is 20.7 Å². The van der Waals surface area contributed by atoms with Crippen molar-refractivity contribution in [3.8, 4) is 5.75 Å². The average Bonchev–Trinajstić information content (AvgIpc) is 3.52. The fraction of sp³-hybridized carbons (Fsp3) is 0.385. The summed E-state index contributed by atoms with van der Waals surface area (Å²) < 4.78 is 27.1. The normalized spacial score (nSPS) is 24.8. The topological polar surface area (TPSA) is 96.1 Å². The van der Waals surface area contributed by atoms with Crippen molar-refractivity contribution in [1.82, 2.24) is 24.4 Å². The number of benzene rings is 1. The Labute approximate surface area is 218 Å². The highest BCUT2D eigenvalue weighted by atomic mass is 35.5. The summed E-state index contributed by atoms with van der Waals surface area (Å²) >= 11 is 6.50. The SMILES string of the molecule is CN(C)C=Nc1ncnc2c1ccn2[C@@H]1O[C@H](COc2cc3ncccc3cc2Cl)[C@H]2OC(C)(C)O[C@H]21. The van der Waals surface area contributed by atoms with Crippen molar-refractivity contribution < 1.29 is 18.9 Å². The zero-order valence-electron chi connectivity index (χ0n) is 20.9. The van der Waals surface area contributed by atoms with Crippen LogP contribution in [0.5, 0.6) is 5.75 Å². The molecule has 10 nitrogen and oxygen atoms in total. The van der Waals surface area contributed by atoms with E-state index in [1.807, 2.05) is 73.9 Å². The second kappa shape index (κ2) is 9.21. The maximum absolute atomic E-state index is 6.50. The maximum atomic E-state index is 6.50. The number of aliphatic imine (C=N–C) groups is 1. The third-order valence-electron chi connectivity index (χ3n) is 6.36. The summed E-state index contributed by atoms with van der Waals surface area (Å²) in [6.45, 7) is 4.02. The summed E-state index contributed by atoms with van der Waals surface area (Å²) in [7, 11) is 3.81. The summed E-state index contributed by atoms with van der Waals surface area (Å²) in [6.07, 6.45) is 5.27. The lowest BCUT2D eigenvalue weighted by molar-refractivity contribution is -0.198. The first kappa shape index (κ1) is 24.1. The maximum Gasteiger partial charge on any atom is 0.166 e. The van der Waals surface area contributed by atoms with Gasteiger partial charge in [-0.05, 0) is 32.0 Å². The van der Waals surface area contributed by atoms with Gasteiger partial charge in [-0.15, -0.1) is 0 Å². The van der Waals surface area contributed by atoms with E-state index in [4.69, 9.17) is 30.5 Å². The number of nitrogens with zero attached hydrogens (tertiary/aromatic N) is 6. The number of hydrogen-bond donors (Lipinski definition) is 0. The molecule has 11 heteroatoms. The molecule has 2 aliphatic rings. The number of rotatable bonds is 6. The van der Waals surface area contributed by atoms with Crippen molar-refractivity contribution >= 4 is 45.7 Å². The Morgan fingerprint density at radius 2 is 2.00 bits per heavy atom. The lowest BCUT2D eigenvalue weighted by Gasteiger charge is -2.25. The monoisotopic (exact) mass is 522 g/mol. The zero-order valence-corrected chi connectivity index (χ0v) is 21.7. The van der Waals surface area contributed by atoms with Crippen LogP contribution in [-0.4, -0.2) is 75.6 Å². The predicted molar refractivity (Wildman–Crippen MR) is 139 cm³/mol. The van der Waals surface area contributed by atoms with Crippen molar-refractivity contribution in [1.29, 1.82) is 0 Å². The van der Waals surface area contributed by atoms with E-state index in [9.17, 15) is 0 Å². The molecule has 1 aromatic carbocycles. The van der Waals surface area contributed by atoms with E-state index in [0.29, 0.717) is 22.2 Å². The minimum absolute atomic E-state index is 0.224. The van der Waals surface area contributed by atoms with E-state index < -0.39 is 18.1 Å². The second-order valence-corrected chi connectivity index (χ2v) is 10.2. The predicted octanol–water partition coefficient (Wildman–Crippen LogP) is 4.35. The summed E-state index contributed by atoms with van der Waals surface area (Å²) in [4.78, 5) is 19.6. The van der Waals surface area contributed by atoms with Gasteiger partial charge in [0.1, 0.15) is 42.6 Å². The molecule has 192 valence electrons. The van der Waals surface area contributed by atoms with Crippen LogP contribution in [-0.2, 0) is 14.2 Å². The van der Waals surface area contributed by atoms with Crippen LogP contribution in [0.2, 0.25) is 5.02 Å². The van der Waals surface area contributed by atoms with Crippen molar-refractivity contribution in [3.05, 3.63) is 54.1 Å². The Hall–Kier alpha value is -3.31. The summed E-state index contributed by atoms with van der Waals surface area (Å²) in [6, 6.07) is 9.45. The molecule has 0 unspecified atom stereocenters. The molecule has 0 radical (unpaired) electrons. The molecule has 0 N–H and O–H groups in total. The van der Waals surface area contributed by atoms with Gasteiger partial charge in [0.2, 0.25) is 0 Å². The molecule has 0 aliphatic carbocycles. The largest absolute Gasteiger partial charge is 0.489 e. The quantitative estimate of drug-likeness (QED) is 0.272. The van der Waals surface area contributed by atoms with Gasteiger partial charge < -0.3 is 28.4 Å². The lowest BCUT2D eigenvalue weighted by atomic mass is 10.1. The zero-order chi connectivity index (χ0) is 25.7. The molecule has 2 aliphatic heterocycles. The fourth-order valence-electron chi connectivity index (χ4n) is 4.81. The van der Waals surface area contributed by atoms with Crippen LogP contribution in [0.3, 0.4) is 0 Å². The van der Waals surface area contributed by atoms with Gasteiger partial charge in [-0.2, -0.15) is 0 Å². The van der Waals surface area contributed by atoms with Crippen LogP contribution in [0.25, 0.3) is 21.9 Å². The highest BCUT2D eigenvalue weighted by molar-refractivity contribution is 6.32. The average molecular weight is 523 g/mol. The highest BCUT2D eigenvalue weighted by Gasteiger charge is 2.56. The first-order chi connectivity index (χ1) is 17.8. The van der Waals surface area contributed by atoms with Gasteiger partial charge in [-0.3, -0.25) is 4.98 Å². The third-order valence-corrected chi connectivity index (χ3v) is 6.65. The molecular formula is C26H27ClN6O4. The van der Waals surface area contributed by atoms with E-state index in [1.54, 1.807) is 12.5 Å². The molecule has 0 bridgehead atoms. The number of ether oxygens (including phenoxy) is 4. The van der Waals surface area contributed by atoms with E-state index in [2.05, 4.69) is 19.9 Å². The van der Waals surface area contributed by atoms with Crippen LogP contribution >= 0.6 is 11.6 Å². The molecular weight excluding hydrogens is 496 g/mol. The molecule has 37 heavy (non-hydrogen) atoms.